The van der Waals surface area contributed by atoms with Crippen LogP contribution in [0, 0.1) is 5.92 Å². The molecule has 0 aromatic carbocycles. The zero-order chi connectivity index (χ0) is 12.7. The molecular formula is C9H8Cl2N2O3S. The molecule has 1 aromatic rings. The van der Waals surface area contributed by atoms with Crippen molar-refractivity contribution >= 4 is 39.1 Å². The quantitative estimate of drug-likeness (QED) is 0.847. The van der Waals surface area contributed by atoms with E-state index in [9.17, 15) is 13.2 Å². The lowest BCUT2D eigenvalue weighted by atomic mass is 10.4. The summed E-state index contributed by atoms with van der Waals surface area (Å²) in [4.78, 5) is 15.2. The van der Waals surface area contributed by atoms with Crippen LogP contribution in [-0.4, -0.2) is 23.6 Å². The van der Waals surface area contributed by atoms with Crippen LogP contribution in [0.1, 0.15) is 6.42 Å². The SMILES string of the molecule is O=C(NS(=O)(=O)c1ccncc1)C1CC1(Cl)Cl. The molecule has 0 spiro atoms. The lowest BCUT2D eigenvalue weighted by Gasteiger charge is -2.06. The number of nitrogens with zero attached hydrogens (tertiary/aromatic N) is 1. The van der Waals surface area contributed by atoms with Crippen LogP contribution in [0.15, 0.2) is 29.4 Å². The summed E-state index contributed by atoms with van der Waals surface area (Å²) in [5, 5.41) is 0. The molecule has 5 nitrogen and oxygen atoms in total. The number of amides is 1. The molecule has 1 N–H and O–H groups in total. The highest BCUT2D eigenvalue weighted by Gasteiger charge is 2.57. The zero-order valence-corrected chi connectivity index (χ0v) is 10.8. The molecule has 17 heavy (non-hydrogen) atoms. The second-order valence-corrected chi connectivity index (χ2v) is 6.90. The summed E-state index contributed by atoms with van der Waals surface area (Å²) in [5.41, 5.74) is 0. The van der Waals surface area contributed by atoms with Crippen LogP contribution >= 0.6 is 23.2 Å². The maximum absolute atomic E-state index is 11.7. The Hall–Kier alpha value is -0.850. The highest BCUT2D eigenvalue weighted by atomic mass is 35.5. The van der Waals surface area contributed by atoms with Gasteiger partial charge in [-0.25, -0.2) is 13.1 Å². The average Bonchev–Trinajstić information content (AvgIpc) is 2.89. The van der Waals surface area contributed by atoms with Crippen LogP contribution < -0.4 is 4.72 Å². The van der Waals surface area contributed by atoms with E-state index in [4.69, 9.17) is 23.2 Å². The van der Waals surface area contributed by atoms with Crippen molar-refractivity contribution in [2.24, 2.45) is 5.92 Å². The fourth-order valence-electron chi connectivity index (χ4n) is 1.28. The molecule has 1 aromatic heterocycles. The molecule has 1 saturated carbocycles. The molecule has 1 atom stereocenters. The predicted molar refractivity (Wildman–Crippen MR) is 62.1 cm³/mol. The molecule has 92 valence electrons. The summed E-state index contributed by atoms with van der Waals surface area (Å²) in [6, 6.07) is 2.58. The number of carbonyl (C=O) groups excluding carboxylic acids is 1. The van der Waals surface area contributed by atoms with E-state index >= 15 is 0 Å². The second kappa shape index (κ2) is 4.12. The molecule has 0 radical (unpaired) electrons. The van der Waals surface area contributed by atoms with Crippen molar-refractivity contribution < 1.29 is 13.2 Å². The first kappa shape index (κ1) is 12.6. The van der Waals surface area contributed by atoms with Crippen LogP contribution in [0.5, 0.6) is 0 Å². The highest BCUT2D eigenvalue weighted by molar-refractivity contribution is 7.90. The summed E-state index contributed by atoms with van der Waals surface area (Å²) in [7, 11) is -3.87. The molecular weight excluding hydrogens is 287 g/mol. The first-order valence-electron chi connectivity index (χ1n) is 4.67. The van der Waals surface area contributed by atoms with Gasteiger partial charge in [0.05, 0.1) is 10.8 Å². The molecule has 1 aliphatic carbocycles. The Morgan fingerprint density at radius 2 is 1.94 bits per heavy atom. The van der Waals surface area contributed by atoms with Gasteiger partial charge in [0.2, 0.25) is 5.91 Å². The van der Waals surface area contributed by atoms with Gasteiger partial charge in [-0.05, 0) is 18.6 Å². The number of halogens is 2. The summed E-state index contributed by atoms with van der Waals surface area (Å²) in [6.07, 6.45) is 2.90. The third kappa shape index (κ3) is 2.70. The number of pyridine rings is 1. The van der Waals surface area contributed by atoms with Crippen LogP contribution in [0.2, 0.25) is 0 Å². The predicted octanol–water partition coefficient (Wildman–Crippen LogP) is 1.08. The van der Waals surface area contributed by atoms with E-state index in [-0.39, 0.29) is 11.3 Å². The van der Waals surface area contributed by atoms with Crippen molar-refractivity contribution in [3.8, 4) is 0 Å². The molecule has 1 fully saturated rings. The number of carbonyl (C=O) groups is 1. The van der Waals surface area contributed by atoms with E-state index in [2.05, 4.69) is 4.98 Å². The van der Waals surface area contributed by atoms with Crippen molar-refractivity contribution in [2.75, 3.05) is 0 Å². The van der Waals surface area contributed by atoms with Crippen molar-refractivity contribution in [3.05, 3.63) is 24.5 Å². The van der Waals surface area contributed by atoms with Crippen molar-refractivity contribution in [3.63, 3.8) is 0 Å². The molecule has 1 amide bonds. The van der Waals surface area contributed by atoms with Gasteiger partial charge in [0, 0.05) is 12.4 Å². The van der Waals surface area contributed by atoms with Crippen molar-refractivity contribution in [2.45, 2.75) is 15.6 Å². The van der Waals surface area contributed by atoms with E-state index in [1.165, 1.54) is 24.5 Å². The topological polar surface area (TPSA) is 76.1 Å². The highest BCUT2D eigenvalue weighted by Crippen LogP contribution is 2.53. The van der Waals surface area contributed by atoms with Gasteiger partial charge in [-0.15, -0.1) is 23.2 Å². The third-order valence-electron chi connectivity index (χ3n) is 2.34. The van der Waals surface area contributed by atoms with E-state index in [1.54, 1.807) is 0 Å². The van der Waals surface area contributed by atoms with Crippen LogP contribution in [0.25, 0.3) is 0 Å². The lowest BCUT2D eigenvalue weighted by Crippen LogP contribution is -2.32. The minimum Gasteiger partial charge on any atom is -0.274 e. The normalized spacial score (nSPS) is 21.9. The number of sulfonamides is 1. The molecule has 1 heterocycles. The monoisotopic (exact) mass is 294 g/mol. The Kier molecular flexibility index (Phi) is 3.05. The maximum Gasteiger partial charge on any atom is 0.264 e. The molecule has 1 aliphatic rings. The van der Waals surface area contributed by atoms with Crippen LogP contribution in [0.4, 0.5) is 0 Å². The van der Waals surface area contributed by atoms with E-state index < -0.39 is 26.2 Å². The van der Waals surface area contributed by atoms with E-state index in [0.29, 0.717) is 0 Å². The van der Waals surface area contributed by atoms with Crippen LogP contribution in [0.3, 0.4) is 0 Å². The summed E-state index contributed by atoms with van der Waals surface area (Å²) in [6.45, 7) is 0. The van der Waals surface area contributed by atoms with E-state index in [1.807, 2.05) is 4.72 Å². The number of aromatic nitrogens is 1. The minimum atomic E-state index is -3.87. The molecule has 8 heteroatoms. The largest absolute Gasteiger partial charge is 0.274 e. The van der Waals surface area contributed by atoms with Gasteiger partial charge in [-0.2, -0.15) is 0 Å². The van der Waals surface area contributed by atoms with E-state index in [0.717, 1.165) is 0 Å². The number of hydrogen-bond donors (Lipinski definition) is 1. The first-order valence-corrected chi connectivity index (χ1v) is 6.91. The van der Waals surface area contributed by atoms with Gasteiger partial charge in [0.1, 0.15) is 4.33 Å². The molecule has 1 unspecified atom stereocenters. The van der Waals surface area contributed by atoms with Crippen molar-refractivity contribution in [1.82, 2.24) is 9.71 Å². The maximum atomic E-state index is 11.7. The van der Waals surface area contributed by atoms with Gasteiger partial charge >= 0.3 is 0 Å². The average molecular weight is 295 g/mol. The Morgan fingerprint density at radius 3 is 2.41 bits per heavy atom. The number of alkyl halides is 2. The van der Waals surface area contributed by atoms with Crippen molar-refractivity contribution in [1.29, 1.82) is 0 Å². The Morgan fingerprint density at radius 1 is 1.41 bits per heavy atom. The Balaban J connectivity index is 2.12. The van der Waals surface area contributed by atoms with Crippen LogP contribution in [-0.2, 0) is 14.8 Å². The van der Waals surface area contributed by atoms with Gasteiger partial charge in [-0.1, -0.05) is 0 Å². The molecule has 0 bridgehead atoms. The Labute approximate surface area is 108 Å². The fraction of sp³-hybridized carbons (Fsp3) is 0.333. The fourth-order valence-corrected chi connectivity index (χ4v) is 2.79. The number of hydrogen-bond acceptors (Lipinski definition) is 4. The molecule has 0 aliphatic heterocycles. The first-order chi connectivity index (χ1) is 7.83. The number of rotatable bonds is 3. The summed E-state index contributed by atoms with van der Waals surface area (Å²) < 4.78 is 24.3. The summed E-state index contributed by atoms with van der Waals surface area (Å²) in [5.74, 6) is -1.37. The minimum absolute atomic E-state index is 0.0313. The zero-order valence-electron chi connectivity index (χ0n) is 8.43. The standard InChI is InChI=1S/C9H8Cl2N2O3S/c10-9(11)5-7(9)8(14)13-17(15,16)6-1-3-12-4-2-6/h1-4,7H,5H2,(H,13,14). The Bertz CT molecular complexity index is 545. The lowest BCUT2D eigenvalue weighted by molar-refractivity contribution is -0.120. The van der Waals surface area contributed by atoms with Gasteiger partial charge in [0.15, 0.2) is 0 Å². The smallest absolute Gasteiger partial charge is 0.264 e. The second-order valence-electron chi connectivity index (χ2n) is 3.67. The molecule has 0 saturated heterocycles. The van der Waals surface area contributed by atoms with Gasteiger partial charge in [0.25, 0.3) is 10.0 Å². The summed E-state index contributed by atoms with van der Waals surface area (Å²) >= 11 is 11.4. The molecule has 2 rings (SSSR count). The number of nitrogens with one attached hydrogen (secondary N) is 1. The van der Waals surface area contributed by atoms with Gasteiger partial charge in [-0.3, -0.25) is 9.78 Å². The van der Waals surface area contributed by atoms with Gasteiger partial charge < -0.3 is 0 Å². The third-order valence-corrected chi connectivity index (χ3v) is 4.54.